The predicted octanol–water partition coefficient (Wildman–Crippen LogP) is 0.852. The van der Waals surface area contributed by atoms with Crippen molar-refractivity contribution in [3.8, 4) is 0 Å². The van der Waals surface area contributed by atoms with Crippen molar-refractivity contribution in [3.63, 3.8) is 0 Å². The number of rotatable bonds is 3. The van der Waals surface area contributed by atoms with E-state index in [9.17, 15) is 13.2 Å². The minimum atomic E-state index is -3.75. The molecule has 1 saturated heterocycles. The van der Waals surface area contributed by atoms with Crippen molar-refractivity contribution in [1.82, 2.24) is 9.03 Å². The number of carbonyl (C=O) groups is 1. The fourth-order valence-electron chi connectivity index (χ4n) is 1.90. The number of amides is 1. The van der Waals surface area contributed by atoms with Gasteiger partial charge in [-0.2, -0.15) is 12.7 Å². The lowest BCUT2D eigenvalue weighted by Gasteiger charge is -2.33. The smallest absolute Gasteiger partial charge is 0.421 e. The molecule has 94 valence electrons. The van der Waals surface area contributed by atoms with Crippen molar-refractivity contribution >= 4 is 16.3 Å². The summed E-state index contributed by atoms with van der Waals surface area (Å²) in [5, 5.41) is 0. The van der Waals surface area contributed by atoms with Gasteiger partial charge in [0.2, 0.25) is 0 Å². The number of hydrogen-bond donors (Lipinski definition) is 1. The van der Waals surface area contributed by atoms with Crippen LogP contribution in [-0.4, -0.2) is 38.5 Å². The highest BCUT2D eigenvalue weighted by Crippen LogP contribution is 2.21. The van der Waals surface area contributed by atoms with E-state index in [1.807, 2.05) is 11.6 Å². The van der Waals surface area contributed by atoms with Gasteiger partial charge in [-0.15, -0.1) is 0 Å². The zero-order valence-electron chi connectivity index (χ0n) is 9.60. The van der Waals surface area contributed by atoms with E-state index in [4.69, 9.17) is 0 Å². The molecule has 1 amide bonds. The minimum Gasteiger partial charge on any atom is -0.452 e. The highest BCUT2D eigenvalue weighted by Gasteiger charge is 2.32. The van der Waals surface area contributed by atoms with E-state index in [0.29, 0.717) is 6.54 Å². The first-order valence-electron chi connectivity index (χ1n) is 5.38. The van der Waals surface area contributed by atoms with Gasteiger partial charge in [0.1, 0.15) is 0 Å². The Morgan fingerprint density at radius 2 is 2.19 bits per heavy atom. The predicted molar refractivity (Wildman–Crippen MR) is 59.1 cm³/mol. The average molecular weight is 250 g/mol. The molecule has 0 spiro atoms. The Morgan fingerprint density at radius 3 is 2.75 bits per heavy atom. The Morgan fingerprint density at radius 1 is 1.50 bits per heavy atom. The van der Waals surface area contributed by atoms with Gasteiger partial charge in [-0.05, 0) is 19.3 Å². The molecule has 7 heteroatoms. The van der Waals surface area contributed by atoms with Crippen LogP contribution in [-0.2, 0) is 14.9 Å². The number of methoxy groups -OCH3 is 1. The van der Waals surface area contributed by atoms with Gasteiger partial charge in [-0.25, -0.2) is 9.52 Å². The number of piperidine rings is 1. The van der Waals surface area contributed by atoms with Crippen molar-refractivity contribution in [3.05, 3.63) is 0 Å². The molecule has 1 heterocycles. The SMILES string of the molecule is CC[C@H]1CCCCN1S(=O)(=O)NC(=O)OC. The molecular formula is C9H18N2O4S. The van der Waals surface area contributed by atoms with Crippen LogP contribution in [0.3, 0.4) is 0 Å². The summed E-state index contributed by atoms with van der Waals surface area (Å²) < 4.78 is 31.2. The fraction of sp³-hybridized carbons (Fsp3) is 0.889. The molecule has 1 fully saturated rings. The van der Waals surface area contributed by atoms with Gasteiger partial charge in [-0.3, -0.25) is 0 Å². The number of nitrogens with one attached hydrogen (secondary N) is 1. The molecule has 0 unspecified atom stereocenters. The van der Waals surface area contributed by atoms with Crippen LogP contribution >= 0.6 is 0 Å². The summed E-state index contributed by atoms with van der Waals surface area (Å²) in [4.78, 5) is 10.9. The van der Waals surface area contributed by atoms with Crippen molar-refractivity contribution in [2.45, 2.75) is 38.6 Å². The van der Waals surface area contributed by atoms with Gasteiger partial charge in [0, 0.05) is 12.6 Å². The maximum Gasteiger partial charge on any atom is 0.421 e. The molecule has 6 nitrogen and oxygen atoms in total. The number of ether oxygens (including phenoxy) is 1. The molecule has 1 rings (SSSR count). The summed E-state index contributed by atoms with van der Waals surface area (Å²) in [6.07, 6.45) is 2.52. The number of hydrogen-bond acceptors (Lipinski definition) is 4. The quantitative estimate of drug-likeness (QED) is 0.805. The highest BCUT2D eigenvalue weighted by atomic mass is 32.2. The van der Waals surface area contributed by atoms with Crippen LogP contribution in [0.15, 0.2) is 0 Å². The van der Waals surface area contributed by atoms with Crippen molar-refractivity contribution < 1.29 is 17.9 Å². The third kappa shape index (κ3) is 3.08. The molecular weight excluding hydrogens is 232 g/mol. The molecule has 0 aromatic carbocycles. The van der Waals surface area contributed by atoms with Gasteiger partial charge < -0.3 is 4.74 Å². The lowest BCUT2D eigenvalue weighted by Crippen LogP contribution is -2.50. The first-order valence-corrected chi connectivity index (χ1v) is 6.82. The van der Waals surface area contributed by atoms with E-state index >= 15 is 0 Å². The summed E-state index contributed by atoms with van der Waals surface area (Å²) in [5.41, 5.74) is 0. The lowest BCUT2D eigenvalue weighted by atomic mass is 10.0. The Kier molecular flexibility index (Phi) is 4.55. The van der Waals surface area contributed by atoms with E-state index in [2.05, 4.69) is 4.74 Å². The largest absolute Gasteiger partial charge is 0.452 e. The molecule has 1 N–H and O–H groups in total. The summed E-state index contributed by atoms with van der Waals surface area (Å²) in [5.74, 6) is 0. The van der Waals surface area contributed by atoms with Gasteiger partial charge >= 0.3 is 16.3 Å². The molecule has 1 atom stereocenters. The van der Waals surface area contributed by atoms with Crippen LogP contribution < -0.4 is 4.72 Å². The summed E-state index contributed by atoms with van der Waals surface area (Å²) in [7, 11) is -2.61. The Hall–Kier alpha value is -0.820. The van der Waals surface area contributed by atoms with E-state index in [0.717, 1.165) is 32.8 Å². The van der Waals surface area contributed by atoms with E-state index in [1.165, 1.54) is 4.31 Å². The lowest BCUT2D eigenvalue weighted by molar-refractivity contribution is 0.175. The molecule has 0 aromatic heterocycles. The monoisotopic (exact) mass is 250 g/mol. The van der Waals surface area contributed by atoms with Crippen LogP contribution in [0, 0.1) is 0 Å². The fourth-order valence-corrected chi connectivity index (χ4v) is 3.33. The van der Waals surface area contributed by atoms with Crippen LogP contribution in [0.2, 0.25) is 0 Å². The van der Waals surface area contributed by atoms with Gasteiger partial charge in [-0.1, -0.05) is 13.3 Å². The van der Waals surface area contributed by atoms with Gasteiger partial charge in [0.15, 0.2) is 0 Å². The normalized spacial score (nSPS) is 22.8. The number of nitrogens with zero attached hydrogens (tertiary/aromatic N) is 1. The molecule has 16 heavy (non-hydrogen) atoms. The summed E-state index contributed by atoms with van der Waals surface area (Å²) >= 11 is 0. The molecule has 1 aliphatic heterocycles. The standard InChI is InChI=1S/C9H18N2O4S/c1-3-8-6-4-5-7-11(8)16(13,14)10-9(12)15-2/h8H,3-7H2,1-2H3,(H,10,12)/t8-/m0/s1. The maximum absolute atomic E-state index is 11.8. The van der Waals surface area contributed by atoms with Gasteiger partial charge in [0.25, 0.3) is 0 Å². The Bertz CT molecular complexity index is 341. The van der Waals surface area contributed by atoms with Crippen LogP contribution in [0.25, 0.3) is 0 Å². The molecule has 0 aromatic rings. The zero-order chi connectivity index (χ0) is 12.2. The second-order valence-electron chi connectivity index (χ2n) is 3.77. The third-order valence-electron chi connectivity index (χ3n) is 2.75. The van der Waals surface area contributed by atoms with E-state index in [1.54, 1.807) is 0 Å². The van der Waals surface area contributed by atoms with Crippen LogP contribution in [0.1, 0.15) is 32.6 Å². The molecule has 1 aliphatic rings. The van der Waals surface area contributed by atoms with Crippen LogP contribution in [0.4, 0.5) is 4.79 Å². The maximum atomic E-state index is 11.8. The Balaban J connectivity index is 2.76. The van der Waals surface area contributed by atoms with Crippen molar-refractivity contribution in [1.29, 1.82) is 0 Å². The third-order valence-corrected chi connectivity index (χ3v) is 4.27. The van der Waals surface area contributed by atoms with E-state index < -0.39 is 16.3 Å². The summed E-state index contributed by atoms with van der Waals surface area (Å²) in [6.45, 7) is 2.40. The first kappa shape index (κ1) is 13.2. The van der Waals surface area contributed by atoms with Crippen molar-refractivity contribution in [2.75, 3.05) is 13.7 Å². The second-order valence-corrected chi connectivity index (χ2v) is 5.39. The van der Waals surface area contributed by atoms with Crippen molar-refractivity contribution in [2.24, 2.45) is 0 Å². The topological polar surface area (TPSA) is 75.7 Å². The molecule has 0 radical (unpaired) electrons. The molecule has 0 aliphatic carbocycles. The summed E-state index contributed by atoms with van der Waals surface area (Å²) in [6, 6.07) is -0.0177. The first-order chi connectivity index (χ1) is 7.51. The Labute approximate surface area is 96.1 Å². The molecule has 0 saturated carbocycles. The zero-order valence-corrected chi connectivity index (χ0v) is 10.4. The molecule has 0 bridgehead atoms. The van der Waals surface area contributed by atoms with Gasteiger partial charge in [0.05, 0.1) is 7.11 Å². The van der Waals surface area contributed by atoms with Crippen LogP contribution in [0.5, 0.6) is 0 Å². The highest BCUT2D eigenvalue weighted by molar-refractivity contribution is 7.87. The minimum absolute atomic E-state index is 0.0177. The average Bonchev–Trinajstić information content (AvgIpc) is 2.28. The second kappa shape index (κ2) is 5.49. The number of carbonyl (C=O) groups excluding carboxylic acids is 1. The van der Waals surface area contributed by atoms with E-state index in [-0.39, 0.29) is 6.04 Å².